The maximum absolute atomic E-state index is 14.8. The Balaban J connectivity index is 1.15. The molecule has 1 heterocycles. The maximum atomic E-state index is 14.8. The van der Waals surface area contributed by atoms with Gasteiger partial charge in [0, 0.05) is 24.0 Å². The van der Waals surface area contributed by atoms with Crippen LogP contribution in [0, 0.1) is 51.8 Å². The molecular weight excluding hydrogens is 823 g/mol. The first kappa shape index (κ1) is 50.8. The molecule has 5 saturated carbocycles. The highest BCUT2D eigenvalue weighted by Crippen LogP contribution is 2.79. The molecule has 0 aromatic carbocycles. The molecule has 6 aliphatic rings. The van der Waals surface area contributed by atoms with E-state index in [4.69, 9.17) is 0 Å². The van der Waals surface area contributed by atoms with Crippen molar-refractivity contribution in [1.82, 2.24) is 25.6 Å². The molecule has 10 atom stereocenters. The number of ketones is 1. The third-order valence-corrected chi connectivity index (χ3v) is 18.5. The van der Waals surface area contributed by atoms with E-state index in [1.165, 1.54) is 38.5 Å². The SMILES string of the molecule is C=CC1CC1(NC(=O)C1CCC(CC(=O)C(NC(=O)C(NC(=O)C2CCCN2CC)C2CCCCC2)C(C)(C)C)CC2(C1)C(C1CCC1)C2(C)C)C(=O)NS(=O)CCCCCCCC. The maximum Gasteiger partial charge on any atom is 0.258 e. The summed E-state index contributed by atoms with van der Waals surface area (Å²) in [5.41, 5.74) is -1.81. The number of unbranched alkanes of at least 4 members (excludes halogenated alkanes) is 5. The lowest BCUT2D eigenvalue weighted by atomic mass is 9.74. The van der Waals surface area contributed by atoms with Gasteiger partial charge >= 0.3 is 0 Å². The van der Waals surface area contributed by atoms with Gasteiger partial charge in [-0.3, -0.25) is 33.6 Å². The number of likely N-dealkylation sites (tertiary alicyclic amines) is 1. The van der Waals surface area contributed by atoms with Crippen molar-refractivity contribution >= 4 is 40.4 Å². The number of hydrogen-bond donors (Lipinski definition) is 4. The lowest BCUT2D eigenvalue weighted by Crippen LogP contribution is -2.59. The Bertz CT molecular complexity index is 1700. The third-order valence-electron chi connectivity index (χ3n) is 17.4. The van der Waals surface area contributed by atoms with Crippen LogP contribution in [0.1, 0.15) is 190 Å². The van der Waals surface area contributed by atoms with Crippen molar-refractivity contribution in [2.24, 2.45) is 51.8 Å². The monoisotopic (exact) mass is 910 g/mol. The summed E-state index contributed by atoms with van der Waals surface area (Å²) in [7, 11) is -1.52. The molecule has 0 bridgehead atoms. The largest absolute Gasteiger partial charge is 0.344 e. The van der Waals surface area contributed by atoms with Crippen LogP contribution in [-0.4, -0.2) is 81.0 Å². The molecule has 4 N–H and O–H groups in total. The van der Waals surface area contributed by atoms with Crippen molar-refractivity contribution in [1.29, 1.82) is 0 Å². The van der Waals surface area contributed by atoms with Gasteiger partial charge in [0.15, 0.2) is 5.78 Å². The molecule has 11 nitrogen and oxygen atoms in total. The number of nitrogens with zero attached hydrogens (tertiary/aromatic N) is 1. The van der Waals surface area contributed by atoms with Crippen molar-refractivity contribution in [3.8, 4) is 0 Å². The molecule has 362 valence electrons. The minimum atomic E-state index is -1.52. The summed E-state index contributed by atoms with van der Waals surface area (Å²) in [5.74, 6) is 0.173. The number of rotatable bonds is 22. The average molecular weight is 910 g/mol. The fourth-order valence-corrected chi connectivity index (χ4v) is 14.3. The summed E-state index contributed by atoms with van der Waals surface area (Å²) in [6.07, 6.45) is 22.1. The number of Topliss-reactive ketones (excluding diaryl/α,β-unsaturated/α-hetero) is 1. The number of carbonyl (C=O) groups excluding carboxylic acids is 5. The summed E-state index contributed by atoms with van der Waals surface area (Å²) in [6.45, 7) is 20.7. The van der Waals surface area contributed by atoms with Crippen LogP contribution < -0.4 is 20.7 Å². The second-order valence-corrected chi connectivity index (χ2v) is 24.3. The molecule has 1 spiro atoms. The van der Waals surface area contributed by atoms with E-state index in [0.29, 0.717) is 43.3 Å². The molecule has 64 heavy (non-hydrogen) atoms. The van der Waals surface area contributed by atoms with Gasteiger partial charge in [0.05, 0.1) is 12.1 Å². The molecular formula is C52H87N5O6S. The van der Waals surface area contributed by atoms with Crippen LogP contribution in [0.3, 0.4) is 0 Å². The number of hydrogen-bond acceptors (Lipinski definition) is 7. The molecule has 4 amide bonds. The number of amides is 4. The zero-order valence-corrected chi connectivity index (χ0v) is 41.8. The molecule has 5 aliphatic carbocycles. The molecule has 6 fully saturated rings. The summed E-state index contributed by atoms with van der Waals surface area (Å²) in [4.78, 5) is 73.6. The van der Waals surface area contributed by atoms with Gasteiger partial charge < -0.3 is 16.0 Å². The topological polar surface area (TPSA) is 154 Å². The Labute approximate surface area is 389 Å². The van der Waals surface area contributed by atoms with Crippen LogP contribution in [0.15, 0.2) is 12.7 Å². The zero-order chi connectivity index (χ0) is 46.5. The van der Waals surface area contributed by atoms with Crippen molar-refractivity contribution < 1.29 is 28.2 Å². The van der Waals surface area contributed by atoms with Crippen LogP contribution in [0.5, 0.6) is 0 Å². The van der Waals surface area contributed by atoms with Crippen LogP contribution in [-0.2, 0) is 35.0 Å². The normalized spacial score (nSPS) is 32.0. The van der Waals surface area contributed by atoms with E-state index in [-0.39, 0.29) is 70.0 Å². The van der Waals surface area contributed by atoms with Crippen molar-refractivity contribution in [2.45, 2.75) is 213 Å². The molecule has 0 radical (unpaired) electrons. The molecule has 0 aromatic heterocycles. The minimum Gasteiger partial charge on any atom is -0.344 e. The van der Waals surface area contributed by atoms with Gasteiger partial charge in [-0.2, -0.15) is 0 Å². The zero-order valence-electron chi connectivity index (χ0n) is 41.0. The van der Waals surface area contributed by atoms with E-state index < -0.39 is 34.0 Å². The fraction of sp³-hybridized carbons (Fsp3) is 0.865. The van der Waals surface area contributed by atoms with E-state index in [1.54, 1.807) is 6.08 Å². The molecule has 1 aliphatic heterocycles. The highest BCUT2D eigenvalue weighted by molar-refractivity contribution is 7.83. The molecule has 0 aromatic rings. The van der Waals surface area contributed by atoms with Crippen LogP contribution in [0.4, 0.5) is 0 Å². The van der Waals surface area contributed by atoms with Crippen molar-refractivity contribution in [3.05, 3.63) is 12.7 Å². The first-order chi connectivity index (χ1) is 30.4. The first-order valence-corrected chi connectivity index (χ1v) is 27.3. The predicted octanol–water partition coefficient (Wildman–Crippen LogP) is 8.48. The van der Waals surface area contributed by atoms with E-state index in [0.717, 1.165) is 90.1 Å². The van der Waals surface area contributed by atoms with Gasteiger partial charge in [-0.1, -0.05) is 125 Å². The highest BCUT2D eigenvalue weighted by atomic mass is 32.2. The number of nitrogens with one attached hydrogen (secondary N) is 4. The molecule has 6 rings (SSSR count). The van der Waals surface area contributed by atoms with Gasteiger partial charge in [0.2, 0.25) is 17.7 Å². The lowest BCUT2D eigenvalue weighted by Gasteiger charge is -2.36. The Hall–Kier alpha value is -2.60. The molecule has 10 unspecified atom stereocenters. The lowest BCUT2D eigenvalue weighted by molar-refractivity contribution is -0.136. The Morgan fingerprint density at radius 2 is 1.52 bits per heavy atom. The first-order valence-electron chi connectivity index (χ1n) is 25.9. The van der Waals surface area contributed by atoms with Gasteiger partial charge in [0.1, 0.15) is 22.6 Å². The molecule has 12 heteroatoms. The highest BCUT2D eigenvalue weighted by Gasteiger charge is 2.73. The minimum absolute atomic E-state index is 0.00370. The third kappa shape index (κ3) is 11.4. The smallest absolute Gasteiger partial charge is 0.258 e. The standard InChI is InChI=1S/C52H87N5O6S/c1-9-12-13-14-15-19-30-64(63)56-48(62)52(34-39(52)10-2)55-45(59)38-28-27-35(32-51(33-38)43(50(51,7)8)37-24-20-25-37)31-41(58)44(49(4,5)6)54-47(61)42(36-22-17-16-18-23-36)53-46(60)40-26-21-29-57(40)11-3/h10,35-40,42-44H,2,9,11-34H2,1,3-8H3,(H,53,60)(H,54,61)(H,55,59)(H,56,62). The predicted molar refractivity (Wildman–Crippen MR) is 256 cm³/mol. The van der Waals surface area contributed by atoms with Gasteiger partial charge in [0.25, 0.3) is 5.91 Å². The van der Waals surface area contributed by atoms with Crippen molar-refractivity contribution in [2.75, 3.05) is 18.8 Å². The number of carbonyl (C=O) groups is 5. The summed E-state index contributed by atoms with van der Waals surface area (Å²) < 4.78 is 15.8. The molecule has 1 saturated heterocycles. The van der Waals surface area contributed by atoms with E-state index in [2.05, 4.69) is 59.8 Å². The van der Waals surface area contributed by atoms with Gasteiger partial charge in [-0.05, 0) is 117 Å². The average Bonchev–Trinajstić information content (AvgIpc) is 3.97. The summed E-state index contributed by atoms with van der Waals surface area (Å²) >= 11 is 0. The Morgan fingerprint density at radius 1 is 0.812 bits per heavy atom. The van der Waals surface area contributed by atoms with Crippen molar-refractivity contribution in [3.63, 3.8) is 0 Å². The van der Waals surface area contributed by atoms with Crippen LogP contribution in [0.25, 0.3) is 0 Å². The van der Waals surface area contributed by atoms with Crippen LogP contribution in [0.2, 0.25) is 0 Å². The second-order valence-electron chi connectivity index (χ2n) is 23.0. The van der Waals surface area contributed by atoms with E-state index in [1.807, 2.05) is 20.8 Å². The van der Waals surface area contributed by atoms with E-state index >= 15 is 0 Å². The van der Waals surface area contributed by atoms with Gasteiger partial charge in [-0.15, -0.1) is 6.58 Å². The Morgan fingerprint density at radius 3 is 2.14 bits per heavy atom. The second kappa shape index (κ2) is 21.6. The van der Waals surface area contributed by atoms with Crippen LogP contribution >= 0.6 is 0 Å². The number of likely N-dealkylation sites (N-methyl/N-ethyl adjacent to an activating group) is 1. The van der Waals surface area contributed by atoms with Gasteiger partial charge in [-0.25, -0.2) is 4.21 Å². The quantitative estimate of drug-likeness (QED) is 0.0628. The van der Waals surface area contributed by atoms with E-state index in [9.17, 15) is 28.2 Å². The summed E-state index contributed by atoms with van der Waals surface area (Å²) in [6, 6.07) is -1.64. The summed E-state index contributed by atoms with van der Waals surface area (Å²) in [5, 5.41) is 9.68. The Kier molecular flexibility index (Phi) is 17.1. The fourth-order valence-electron chi connectivity index (χ4n) is 13.3.